The van der Waals surface area contributed by atoms with Gasteiger partial charge in [0.2, 0.25) is 5.89 Å². The molecule has 4 aliphatic rings. The first-order valence-electron chi connectivity index (χ1n) is 11.1. The zero-order valence-electron chi connectivity index (χ0n) is 18.1. The molecule has 2 aliphatic heterocycles. The number of piperidine rings is 1. The van der Waals surface area contributed by atoms with Gasteiger partial charge in [0.15, 0.2) is 17.0 Å². The van der Waals surface area contributed by atoms with Crippen molar-refractivity contribution in [3.63, 3.8) is 0 Å². The predicted molar refractivity (Wildman–Crippen MR) is 119 cm³/mol. The third-order valence-corrected chi connectivity index (χ3v) is 8.00. The molecule has 1 unspecified atom stereocenters. The summed E-state index contributed by atoms with van der Waals surface area (Å²) in [7, 11) is 3.85. The first-order valence-corrected chi connectivity index (χ1v) is 11.1. The number of imidazole rings is 1. The van der Waals surface area contributed by atoms with E-state index in [0.29, 0.717) is 34.9 Å². The Hall–Kier alpha value is -3.95. The lowest BCUT2D eigenvalue weighted by atomic mass is 10.1. The summed E-state index contributed by atoms with van der Waals surface area (Å²) in [5.41, 5.74) is 3.25. The fourth-order valence-electron chi connectivity index (χ4n) is 6.28. The normalized spacial score (nSPS) is 27.0. The van der Waals surface area contributed by atoms with Gasteiger partial charge in [0, 0.05) is 55.4 Å². The summed E-state index contributed by atoms with van der Waals surface area (Å²) >= 11 is 0. The van der Waals surface area contributed by atoms with Crippen LogP contribution in [0, 0.1) is 11.8 Å². The summed E-state index contributed by atoms with van der Waals surface area (Å²) in [6, 6.07) is 9.28. The largest absolute Gasteiger partial charge is 0.367 e. The highest BCUT2D eigenvalue weighted by molar-refractivity contribution is 5.85. The molecule has 0 radical (unpaired) electrons. The van der Waals surface area contributed by atoms with Gasteiger partial charge >= 0.3 is 0 Å². The van der Waals surface area contributed by atoms with Gasteiger partial charge < -0.3 is 18.6 Å². The molecule has 5 aromatic rings. The maximum absolute atomic E-state index is 12.8. The predicted octanol–water partition coefficient (Wildman–Crippen LogP) is 1.44. The summed E-state index contributed by atoms with van der Waals surface area (Å²) < 4.78 is 10.9. The Morgan fingerprint density at radius 3 is 2.91 bits per heavy atom. The molecule has 0 amide bonds. The minimum Gasteiger partial charge on any atom is -0.367 e. The van der Waals surface area contributed by atoms with Crippen LogP contribution in [-0.4, -0.2) is 46.4 Å². The molecule has 164 valence electrons. The monoisotopic (exact) mass is 440 g/mol. The molecule has 33 heavy (non-hydrogen) atoms. The van der Waals surface area contributed by atoms with Crippen LogP contribution in [0.4, 0.5) is 5.69 Å². The number of benzene rings is 1. The van der Waals surface area contributed by atoms with Crippen molar-refractivity contribution in [2.75, 3.05) is 11.4 Å². The second-order valence-corrected chi connectivity index (χ2v) is 9.55. The van der Waals surface area contributed by atoms with Gasteiger partial charge in [0.1, 0.15) is 12.9 Å². The third-order valence-electron chi connectivity index (χ3n) is 8.00. The third kappa shape index (κ3) is 2.02. The quantitative estimate of drug-likeness (QED) is 0.417. The van der Waals surface area contributed by atoms with Crippen LogP contribution in [-0.2, 0) is 26.1 Å². The number of rotatable bonds is 4. The molecule has 6 heterocycles. The van der Waals surface area contributed by atoms with Crippen molar-refractivity contribution < 1.29 is 4.52 Å². The molecule has 0 N–H and O–H groups in total. The van der Waals surface area contributed by atoms with Gasteiger partial charge in [-0.1, -0.05) is 5.16 Å². The Morgan fingerprint density at radius 2 is 2.03 bits per heavy atom. The molecule has 0 spiro atoms. The fraction of sp³-hybridized carbons (Fsp3) is 0.348. The number of aromatic nitrogens is 7. The summed E-state index contributed by atoms with van der Waals surface area (Å²) in [6.45, 7) is 1.22. The lowest BCUT2D eigenvalue weighted by Gasteiger charge is -2.19. The average molecular weight is 440 g/mol. The van der Waals surface area contributed by atoms with Crippen molar-refractivity contribution in [3.8, 4) is 0 Å². The first kappa shape index (κ1) is 17.6. The lowest BCUT2D eigenvalue weighted by Crippen LogP contribution is -2.23. The number of anilines is 1. The van der Waals surface area contributed by atoms with E-state index < -0.39 is 0 Å². The van der Waals surface area contributed by atoms with Crippen molar-refractivity contribution in [3.05, 3.63) is 65.2 Å². The van der Waals surface area contributed by atoms with Gasteiger partial charge in [0.25, 0.3) is 5.56 Å². The van der Waals surface area contributed by atoms with Crippen LogP contribution in [0.2, 0.25) is 0 Å². The highest BCUT2D eigenvalue weighted by Crippen LogP contribution is 2.85. The molecule has 9 rings (SSSR count). The summed E-state index contributed by atoms with van der Waals surface area (Å²) in [5, 5.41) is 5.60. The summed E-state index contributed by atoms with van der Waals surface area (Å²) in [6.07, 6.45) is 5.17. The number of aryl methyl sites for hydroxylation is 2. The zero-order valence-corrected chi connectivity index (χ0v) is 18.1. The van der Waals surface area contributed by atoms with Crippen LogP contribution in [0.15, 0.2) is 52.4 Å². The Kier molecular flexibility index (Phi) is 2.93. The zero-order chi connectivity index (χ0) is 22.1. The molecular formula is C23H20N8O2. The molecule has 2 aliphatic carbocycles. The number of nitrogens with zero attached hydrogens (tertiary/aromatic N) is 8. The second kappa shape index (κ2) is 5.51. The molecule has 4 atom stereocenters. The van der Waals surface area contributed by atoms with E-state index in [4.69, 9.17) is 9.51 Å². The minimum atomic E-state index is -0.170. The van der Waals surface area contributed by atoms with E-state index in [1.165, 1.54) is 27.5 Å². The van der Waals surface area contributed by atoms with Crippen molar-refractivity contribution >= 4 is 27.8 Å². The van der Waals surface area contributed by atoms with E-state index in [0.717, 1.165) is 12.4 Å². The van der Waals surface area contributed by atoms with Crippen LogP contribution in [0.3, 0.4) is 0 Å². The summed E-state index contributed by atoms with van der Waals surface area (Å²) in [5.74, 6) is 2.39. The van der Waals surface area contributed by atoms with Gasteiger partial charge in [-0.05, 0) is 30.2 Å². The fourth-order valence-corrected chi connectivity index (χ4v) is 6.28. The summed E-state index contributed by atoms with van der Waals surface area (Å²) in [4.78, 5) is 28.4. The molecule has 2 saturated carbocycles. The van der Waals surface area contributed by atoms with E-state index in [1.54, 1.807) is 17.9 Å². The SMILES string of the molecule is Cn1ccc2cc(N3C[C@@H]4[C@@H]5C3[C@@]45c3noc(Cn4cnc5ncn(C)c5c4=O)n3)ccc21. The second-order valence-electron chi connectivity index (χ2n) is 9.55. The Morgan fingerprint density at radius 1 is 1.15 bits per heavy atom. The molecule has 4 fully saturated rings. The topological polar surface area (TPSA) is 99.8 Å². The van der Waals surface area contributed by atoms with Gasteiger partial charge in [0.05, 0.1) is 11.7 Å². The van der Waals surface area contributed by atoms with Gasteiger partial charge in [-0.3, -0.25) is 9.36 Å². The molecule has 4 aromatic heterocycles. The van der Waals surface area contributed by atoms with Crippen molar-refractivity contribution in [1.82, 2.24) is 33.8 Å². The Labute approximate surface area is 187 Å². The molecule has 2 saturated heterocycles. The molecule has 1 aromatic carbocycles. The standard InChI is InChI=1S/C23H20N8O2/c1-28-6-5-12-7-13(3-4-15(12)28)31-8-14-17-19(31)23(14,17)22-26-16(33-27-22)9-30-11-25-20-18(21(30)32)29(2)10-24-20/h3-7,10-11,14,17,19H,8-9H2,1-2H3/t14-,17-,19?,23-/m1/s1. The average Bonchev–Trinajstić information content (AvgIpc) is 3.26. The van der Waals surface area contributed by atoms with Crippen molar-refractivity contribution in [2.24, 2.45) is 25.9 Å². The van der Waals surface area contributed by atoms with Crippen LogP contribution in [0.1, 0.15) is 11.7 Å². The highest BCUT2D eigenvalue weighted by atomic mass is 16.5. The van der Waals surface area contributed by atoms with Crippen molar-refractivity contribution in [2.45, 2.75) is 18.0 Å². The number of hydrogen-bond donors (Lipinski definition) is 0. The lowest BCUT2D eigenvalue weighted by molar-refractivity contribution is 0.362. The van der Waals surface area contributed by atoms with E-state index in [9.17, 15) is 4.79 Å². The van der Waals surface area contributed by atoms with Gasteiger partial charge in [-0.2, -0.15) is 4.98 Å². The van der Waals surface area contributed by atoms with E-state index in [1.807, 2.05) is 0 Å². The van der Waals surface area contributed by atoms with E-state index >= 15 is 0 Å². The maximum atomic E-state index is 12.8. The van der Waals surface area contributed by atoms with Crippen LogP contribution < -0.4 is 10.5 Å². The number of hydrogen-bond acceptors (Lipinski definition) is 7. The van der Waals surface area contributed by atoms with Gasteiger partial charge in [-0.15, -0.1) is 0 Å². The Balaban J connectivity index is 1.07. The van der Waals surface area contributed by atoms with Crippen molar-refractivity contribution in [1.29, 1.82) is 0 Å². The minimum absolute atomic E-state index is 0.0165. The smallest absolute Gasteiger partial charge is 0.280 e. The molecule has 10 heteroatoms. The molecular weight excluding hydrogens is 420 g/mol. The van der Waals surface area contributed by atoms with Crippen LogP contribution >= 0.6 is 0 Å². The number of fused-ring (bicyclic) bond motifs is 3. The Bertz CT molecular complexity index is 1670. The van der Waals surface area contributed by atoms with E-state index in [2.05, 4.69) is 62.1 Å². The van der Waals surface area contributed by atoms with Gasteiger partial charge in [-0.25, -0.2) is 9.97 Å². The van der Waals surface area contributed by atoms with Crippen LogP contribution in [0.25, 0.3) is 22.1 Å². The van der Waals surface area contributed by atoms with E-state index in [-0.39, 0.29) is 17.5 Å². The maximum Gasteiger partial charge on any atom is 0.280 e. The highest BCUT2D eigenvalue weighted by Gasteiger charge is 2.95. The van der Waals surface area contributed by atoms with Crippen LogP contribution in [0.5, 0.6) is 0 Å². The molecule has 2 bridgehead atoms. The first-order chi connectivity index (χ1) is 16.1. The molecule has 10 nitrogen and oxygen atoms in total.